The highest BCUT2D eigenvalue weighted by Crippen LogP contribution is 2.30. The zero-order chi connectivity index (χ0) is 14.9. The van der Waals surface area contributed by atoms with Gasteiger partial charge in [0, 0.05) is 22.9 Å². The molecule has 0 saturated heterocycles. The fourth-order valence-corrected chi connectivity index (χ4v) is 4.42. The maximum Gasteiger partial charge on any atom is 0.242 e. The molecule has 2 aromatic rings. The van der Waals surface area contributed by atoms with E-state index >= 15 is 0 Å². The molecule has 110 valence electrons. The lowest BCUT2D eigenvalue weighted by atomic mass is 9.88. The molecule has 1 heterocycles. The first-order valence-corrected chi connectivity index (χ1v) is 9.04. The molecule has 1 N–H and O–H groups in total. The van der Waals surface area contributed by atoms with Crippen LogP contribution in [0.4, 0.5) is 0 Å². The number of aromatic nitrogens is 1. The first-order valence-electron chi connectivity index (χ1n) is 6.77. The number of rotatable bonds is 3. The molecule has 4 nitrogen and oxygen atoms in total. The van der Waals surface area contributed by atoms with Crippen LogP contribution >= 0.6 is 15.9 Å². The lowest BCUT2D eigenvalue weighted by molar-refractivity contribution is 0.507. The highest BCUT2D eigenvalue weighted by Gasteiger charge is 2.25. The third-order valence-corrected chi connectivity index (χ3v) is 5.53. The topological polar surface area (TPSA) is 59.1 Å². The number of sulfonamides is 1. The van der Waals surface area contributed by atoms with Crippen molar-refractivity contribution in [2.75, 3.05) is 0 Å². The molecular weight excluding hydrogens is 352 g/mol. The summed E-state index contributed by atoms with van der Waals surface area (Å²) < 4.78 is 28.4. The Hall–Kier alpha value is -1.24. The summed E-state index contributed by atoms with van der Waals surface area (Å²) in [4.78, 5) is 4.10. The summed E-state index contributed by atoms with van der Waals surface area (Å²) in [5.74, 6) is 0. The summed E-state index contributed by atoms with van der Waals surface area (Å²) in [6, 6.07) is 9.40. The summed E-state index contributed by atoms with van der Waals surface area (Å²) in [7, 11) is -3.57. The van der Waals surface area contributed by atoms with Crippen molar-refractivity contribution in [1.29, 1.82) is 0 Å². The molecule has 0 bridgehead atoms. The molecule has 3 rings (SSSR count). The van der Waals surface area contributed by atoms with E-state index in [1.165, 1.54) is 11.8 Å². The summed E-state index contributed by atoms with van der Waals surface area (Å²) >= 11 is 3.25. The van der Waals surface area contributed by atoms with Gasteiger partial charge in [-0.25, -0.2) is 13.1 Å². The number of nitrogens with one attached hydrogen (secondary N) is 1. The molecule has 0 spiro atoms. The minimum absolute atomic E-state index is 0.168. The standard InChI is InChI=1S/C15H15BrN2O2S/c16-12-8-13(10-17-9-12)21(19,20)18-15-7-3-5-11-4-1-2-6-14(11)15/h1-2,4,6,8-10,15,18H,3,5,7H2. The molecule has 0 radical (unpaired) electrons. The zero-order valence-electron chi connectivity index (χ0n) is 11.3. The smallest absolute Gasteiger partial charge is 0.242 e. The average molecular weight is 367 g/mol. The predicted octanol–water partition coefficient (Wildman–Crippen LogP) is 3.20. The highest BCUT2D eigenvalue weighted by atomic mass is 79.9. The molecule has 1 aliphatic carbocycles. The summed E-state index contributed by atoms with van der Waals surface area (Å²) in [6.07, 6.45) is 5.74. The van der Waals surface area contributed by atoms with Gasteiger partial charge in [0.15, 0.2) is 0 Å². The van der Waals surface area contributed by atoms with Gasteiger partial charge in [0.1, 0.15) is 4.90 Å². The van der Waals surface area contributed by atoms with E-state index in [2.05, 4.69) is 31.7 Å². The zero-order valence-corrected chi connectivity index (χ0v) is 13.7. The molecule has 0 fully saturated rings. The van der Waals surface area contributed by atoms with E-state index in [0.29, 0.717) is 4.47 Å². The Morgan fingerprint density at radius 1 is 1.24 bits per heavy atom. The molecule has 0 amide bonds. The van der Waals surface area contributed by atoms with Crippen LogP contribution in [0, 0.1) is 0 Å². The van der Waals surface area contributed by atoms with Crippen LogP contribution in [0.25, 0.3) is 0 Å². The Labute approximate surface area is 132 Å². The number of benzene rings is 1. The molecule has 0 aliphatic heterocycles. The van der Waals surface area contributed by atoms with Crippen molar-refractivity contribution in [2.24, 2.45) is 0 Å². The first kappa shape index (κ1) is 14.7. The molecule has 1 aliphatic rings. The predicted molar refractivity (Wildman–Crippen MR) is 84.4 cm³/mol. The van der Waals surface area contributed by atoms with E-state index in [-0.39, 0.29) is 10.9 Å². The van der Waals surface area contributed by atoms with Crippen LogP contribution in [0.2, 0.25) is 0 Å². The number of hydrogen-bond acceptors (Lipinski definition) is 3. The van der Waals surface area contributed by atoms with Crippen LogP contribution in [0.5, 0.6) is 0 Å². The number of pyridine rings is 1. The minimum atomic E-state index is -3.57. The number of aryl methyl sites for hydroxylation is 1. The van der Waals surface area contributed by atoms with Crippen molar-refractivity contribution in [1.82, 2.24) is 9.71 Å². The van der Waals surface area contributed by atoms with Gasteiger partial charge in [0.2, 0.25) is 10.0 Å². The largest absolute Gasteiger partial charge is 0.262 e. The van der Waals surface area contributed by atoms with Crippen LogP contribution in [0.3, 0.4) is 0 Å². The van der Waals surface area contributed by atoms with E-state index in [1.807, 2.05) is 18.2 Å². The van der Waals surface area contributed by atoms with E-state index in [0.717, 1.165) is 24.8 Å². The Morgan fingerprint density at radius 3 is 2.86 bits per heavy atom. The van der Waals surface area contributed by atoms with Gasteiger partial charge in [-0.2, -0.15) is 0 Å². The van der Waals surface area contributed by atoms with Crippen molar-refractivity contribution in [3.8, 4) is 0 Å². The first-order chi connectivity index (χ1) is 10.1. The van der Waals surface area contributed by atoms with E-state index in [1.54, 1.807) is 12.3 Å². The van der Waals surface area contributed by atoms with Crippen LogP contribution in [-0.4, -0.2) is 13.4 Å². The van der Waals surface area contributed by atoms with Crippen LogP contribution in [0.15, 0.2) is 52.1 Å². The minimum Gasteiger partial charge on any atom is -0.262 e. The fourth-order valence-electron chi connectivity index (χ4n) is 2.67. The van der Waals surface area contributed by atoms with Crippen molar-refractivity contribution >= 4 is 26.0 Å². The van der Waals surface area contributed by atoms with Crippen molar-refractivity contribution in [3.63, 3.8) is 0 Å². The third kappa shape index (κ3) is 3.17. The number of nitrogens with zero attached hydrogens (tertiary/aromatic N) is 1. The van der Waals surface area contributed by atoms with Gasteiger partial charge in [-0.3, -0.25) is 4.98 Å². The maximum atomic E-state index is 12.5. The Bertz CT molecular complexity index is 762. The Balaban J connectivity index is 1.90. The molecule has 1 atom stereocenters. The molecule has 21 heavy (non-hydrogen) atoms. The van der Waals surface area contributed by atoms with Gasteiger partial charge in [-0.05, 0) is 52.4 Å². The van der Waals surface area contributed by atoms with Gasteiger partial charge in [0.05, 0.1) is 0 Å². The quantitative estimate of drug-likeness (QED) is 0.907. The van der Waals surface area contributed by atoms with Crippen LogP contribution < -0.4 is 4.72 Å². The van der Waals surface area contributed by atoms with Crippen LogP contribution in [-0.2, 0) is 16.4 Å². The van der Waals surface area contributed by atoms with Crippen molar-refractivity contribution in [3.05, 3.63) is 58.3 Å². The average Bonchev–Trinajstić information content (AvgIpc) is 2.47. The third-order valence-electron chi connectivity index (χ3n) is 3.66. The fraction of sp³-hybridized carbons (Fsp3) is 0.267. The normalized spacial score (nSPS) is 18.2. The van der Waals surface area contributed by atoms with E-state index in [9.17, 15) is 8.42 Å². The molecule has 1 unspecified atom stereocenters. The Kier molecular flexibility index (Phi) is 4.10. The van der Waals surface area contributed by atoms with Crippen molar-refractivity contribution in [2.45, 2.75) is 30.2 Å². The van der Waals surface area contributed by atoms with Gasteiger partial charge in [-0.1, -0.05) is 24.3 Å². The van der Waals surface area contributed by atoms with Gasteiger partial charge in [-0.15, -0.1) is 0 Å². The molecular formula is C15H15BrN2O2S. The summed E-state index contributed by atoms with van der Waals surface area (Å²) in [5, 5.41) is 0. The second-order valence-corrected chi connectivity index (χ2v) is 7.73. The van der Waals surface area contributed by atoms with Gasteiger partial charge >= 0.3 is 0 Å². The molecule has 0 saturated carbocycles. The van der Waals surface area contributed by atoms with Gasteiger partial charge in [0.25, 0.3) is 0 Å². The summed E-state index contributed by atoms with van der Waals surface area (Å²) in [5.41, 5.74) is 2.30. The molecule has 1 aromatic heterocycles. The van der Waals surface area contributed by atoms with Crippen LogP contribution in [0.1, 0.15) is 30.0 Å². The Morgan fingerprint density at radius 2 is 2.05 bits per heavy atom. The molecule has 1 aromatic carbocycles. The lowest BCUT2D eigenvalue weighted by Gasteiger charge is -2.26. The summed E-state index contributed by atoms with van der Waals surface area (Å²) in [6.45, 7) is 0. The van der Waals surface area contributed by atoms with Crippen molar-refractivity contribution < 1.29 is 8.42 Å². The lowest BCUT2D eigenvalue weighted by Crippen LogP contribution is -2.31. The second-order valence-electron chi connectivity index (χ2n) is 5.10. The second kappa shape index (κ2) is 5.87. The maximum absolute atomic E-state index is 12.5. The number of hydrogen-bond donors (Lipinski definition) is 1. The monoisotopic (exact) mass is 366 g/mol. The SMILES string of the molecule is O=S(=O)(NC1CCCc2ccccc21)c1cncc(Br)c1. The highest BCUT2D eigenvalue weighted by molar-refractivity contribution is 9.10. The number of fused-ring (bicyclic) bond motifs is 1. The van der Waals surface area contributed by atoms with Gasteiger partial charge < -0.3 is 0 Å². The van der Waals surface area contributed by atoms with E-state index in [4.69, 9.17) is 0 Å². The number of halogens is 1. The van der Waals surface area contributed by atoms with E-state index < -0.39 is 10.0 Å². The molecule has 6 heteroatoms.